The van der Waals surface area contributed by atoms with Gasteiger partial charge in [0.25, 0.3) is 0 Å². The van der Waals surface area contributed by atoms with Gasteiger partial charge in [-0.25, -0.2) is 13.4 Å². The predicted molar refractivity (Wildman–Crippen MR) is 59.5 cm³/mol. The Morgan fingerprint density at radius 3 is 2.94 bits per heavy atom. The van der Waals surface area contributed by atoms with Crippen LogP contribution in [0.3, 0.4) is 0 Å². The Labute approximate surface area is 97.1 Å². The third kappa shape index (κ3) is 2.59. The summed E-state index contributed by atoms with van der Waals surface area (Å²) in [6.07, 6.45) is 0.498. The Morgan fingerprint density at radius 1 is 1.62 bits per heavy atom. The largest absolute Gasteiger partial charge is 0.481 e. The smallest absolute Gasteiger partial charge is 0.309 e. The van der Waals surface area contributed by atoms with Gasteiger partial charge in [0, 0.05) is 11.3 Å². The van der Waals surface area contributed by atoms with Gasteiger partial charge in [-0.2, -0.15) is 0 Å². The highest BCUT2D eigenvalue weighted by Gasteiger charge is 2.30. The van der Waals surface area contributed by atoms with Crippen LogP contribution >= 0.6 is 11.3 Å². The molecular weight excluding hydrogens is 250 g/mol. The summed E-state index contributed by atoms with van der Waals surface area (Å²) < 4.78 is 22.6. The maximum Gasteiger partial charge on any atom is 0.309 e. The molecule has 2 heterocycles. The van der Waals surface area contributed by atoms with E-state index in [9.17, 15) is 13.2 Å². The van der Waals surface area contributed by atoms with Crippen LogP contribution in [0.15, 0.2) is 5.38 Å². The average Bonchev–Trinajstić information content (AvgIpc) is 2.71. The lowest BCUT2D eigenvalue weighted by Gasteiger charge is -2.00. The van der Waals surface area contributed by atoms with Gasteiger partial charge in [-0.15, -0.1) is 11.3 Å². The highest BCUT2D eigenvalue weighted by Crippen LogP contribution is 2.30. The van der Waals surface area contributed by atoms with Gasteiger partial charge in [-0.05, 0) is 6.42 Å². The molecule has 1 unspecified atom stereocenters. The third-order valence-corrected chi connectivity index (χ3v) is 5.31. The van der Waals surface area contributed by atoms with Crippen molar-refractivity contribution in [2.24, 2.45) is 0 Å². The van der Waals surface area contributed by atoms with E-state index in [2.05, 4.69) is 4.98 Å². The number of nitrogens with zero attached hydrogens (tertiary/aromatic N) is 1. The molecule has 5 nitrogen and oxygen atoms in total. The maximum absolute atomic E-state index is 11.3. The standard InChI is InChI=1S/C9H11NO4S2/c11-8(12)3-7-4-15-9(10-7)6-1-2-16(13,14)5-6/h4,6H,1-3,5H2,(H,11,12). The molecular formula is C9H11NO4S2. The molecule has 0 spiro atoms. The number of carboxylic acids is 1. The van der Waals surface area contributed by atoms with Crippen molar-refractivity contribution < 1.29 is 18.3 Å². The van der Waals surface area contributed by atoms with Crippen LogP contribution in [0.5, 0.6) is 0 Å². The lowest BCUT2D eigenvalue weighted by molar-refractivity contribution is -0.136. The molecule has 16 heavy (non-hydrogen) atoms. The van der Waals surface area contributed by atoms with Crippen LogP contribution in [-0.4, -0.2) is 36.0 Å². The van der Waals surface area contributed by atoms with Crippen LogP contribution in [0.2, 0.25) is 0 Å². The Balaban J connectivity index is 2.11. The van der Waals surface area contributed by atoms with Crippen molar-refractivity contribution in [3.63, 3.8) is 0 Å². The molecule has 1 fully saturated rings. The van der Waals surface area contributed by atoms with Gasteiger partial charge in [0.2, 0.25) is 0 Å². The summed E-state index contributed by atoms with van der Waals surface area (Å²) in [5, 5.41) is 11.0. The van der Waals surface area contributed by atoms with E-state index in [1.807, 2.05) is 0 Å². The molecule has 1 aliphatic heterocycles. The maximum atomic E-state index is 11.3. The normalized spacial score (nSPS) is 23.4. The fourth-order valence-electron chi connectivity index (χ4n) is 1.74. The van der Waals surface area contributed by atoms with E-state index in [4.69, 9.17) is 5.11 Å². The fourth-order valence-corrected chi connectivity index (χ4v) is 4.55. The number of hydrogen-bond donors (Lipinski definition) is 1. The molecule has 0 radical (unpaired) electrons. The molecule has 7 heteroatoms. The number of rotatable bonds is 3. The van der Waals surface area contributed by atoms with E-state index in [1.54, 1.807) is 5.38 Å². The van der Waals surface area contributed by atoms with Gasteiger partial charge in [0.15, 0.2) is 9.84 Å². The number of aliphatic carboxylic acids is 1. The summed E-state index contributed by atoms with van der Waals surface area (Å²) in [4.78, 5) is 14.6. The number of hydrogen-bond acceptors (Lipinski definition) is 5. The molecule has 88 valence electrons. The molecule has 1 saturated heterocycles. The first-order chi connectivity index (χ1) is 7.46. The van der Waals surface area contributed by atoms with E-state index in [1.165, 1.54) is 11.3 Å². The Hall–Kier alpha value is -0.950. The van der Waals surface area contributed by atoms with E-state index < -0.39 is 15.8 Å². The van der Waals surface area contributed by atoms with Crippen LogP contribution in [0.1, 0.15) is 23.0 Å². The van der Waals surface area contributed by atoms with Crippen LogP contribution < -0.4 is 0 Å². The van der Waals surface area contributed by atoms with Crippen molar-refractivity contribution in [1.82, 2.24) is 4.98 Å². The quantitative estimate of drug-likeness (QED) is 0.864. The Bertz CT molecular complexity index is 505. The molecule has 0 aromatic carbocycles. The minimum absolute atomic E-state index is 0.0439. The lowest BCUT2D eigenvalue weighted by Crippen LogP contribution is -2.04. The van der Waals surface area contributed by atoms with Gasteiger partial charge in [-0.3, -0.25) is 4.79 Å². The van der Waals surface area contributed by atoms with E-state index >= 15 is 0 Å². The third-order valence-electron chi connectivity index (χ3n) is 2.48. The van der Waals surface area contributed by atoms with Crippen molar-refractivity contribution in [2.75, 3.05) is 11.5 Å². The number of carbonyl (C=O) groups is 1. The first-order valence-electron chi connectivity index (χ1n) is 4.83. The van der Waals surface area contributed by atoms with Gasteiger partial charge in [0.1, 0.15) is 0 Å². The van der Waals surface area contributed by atoms with Crippen LogP contribution in [0.25, 0.3) is 0 Å². The second kappa shape index (κ2) is 4.14. The molecule has 2 rings (SSSR count). The lowest BCUT2D eigenvalue weighted by atomic mass is 10.1. The molecule has 0 aliphatic carbocycles. The highest BCUT2D eigenvalue weighted by atomic mass is 32.2. The molecule has 0 bridgehead atoms. The monoisotopic (exact) mass is 261 g/mol. The minimum atomic E-state index is -2.91. The van der Waals surface area contributed by atoms with E-state index in [0.29, 0.717) is 12.1 Å². The summed E-state index contributed by atoms with van der Waals surface area (Å²) in [5.74, 6) is -0.605. The summed E-state index contributed by atoms with van der Waals surface area (Å²) in [7, 11) is -2.91. The SMILES string of the molecule is O=C(O)Cc1csc(C2CCS(=O)(=O)C2)n1. The summed E-state index contributed by atoms with van der Waals surface area (Å²) in [5.41, 5.74) is 0.511. The second-order valence-corrected chi connectivity index (χ2v) is 6.97. The zero-order valence-electron chi connectivity index (χ0n) is 8.42. The first-order valence-corrected chi connectivity index (χ1v) is 7.53. The van der Waals surface area contributed by atoms with Crippen molar-refractivity contribution in [1.29, 1.82) is 0 Å². The molecule has 0 saturated carbocycles. The molecule has 1 aromatic heterocycles. The summed E-state index contributed by atoms with van der Waals surface area (Å²) in [6, 6.07) is 0. The molecule has 1 N–H and O–H groups in total. The molecule has 0 amide bonds. The molecule has 1 aliphatic rings. The van der Waals surface area contributed by atoms with Crippen molar-refractivity contribution in [3.05, 3.63) is 16.1 Å². The minimum Gasteiger partial charge on any atom is -0.481 e. The van der Waals surface area contributed by atoms with Gasteiger partial charge >= 0.3 is 5.97 Å². The number of thiazole rings is 1. The molecule has 1 aromatic rings. The fraction of sp³-hybridized carbons (Fsp3) is 0.556. The second-order valence-electron chi connectivity index (χ2n) is 3.85. The van der Waals surface area contributed by atoms with Crippen molar-refractivity contribution >= 4 is 27.1 Å². The van der Waals surface area contributed by atoms with Crippen LogP contribution in [0.4, 0.5) is 0 Å². The zero-order chi connectivity index (χ0) is 11.8. The number of carboxylic acid groups (broad SMARTS) is 1. The van der Waals surface area contributed by atoms with Crippen LogP contribution in [0, 0.1) is 0 Å². The van der Waals surface area contributed by atoms with Crippen LogP contribution in [-0.2, 0) is 21.1 Å². The zero-order valence-corrected chi connectivity index (χ0v) is 10.1. The Morgan fingerprint density at radius 2 is 2.38 bits per heavy atom. The van der Waals surface area contributed by atoms with E-state index in [-0.39, 0.29) is 23.8 Å². The van der Waals surface area contributed by atoms with Gasteiger partial charge in [-0.1, -0.05) is 0 Å². The number of aromatic nitrogens is 1. The first kappa shape index (κ1) is 11.5. The van der Waals surface area contributed by atoms with Crippen molar-refractivity contribution in [2.45, 2.75) is 18.8 Å². The van der Waals surface area contributed by atoms with Gasteiger partial charge < -0.3 is 5.11 Å². The highest BCUT2D eigenvalue weighted by molar-refractivity contribution is 7.91. The predicted octanol–water partition coefficient (Wildman–Crippen LogP) is 0.672. The van der Waals surface area contributed by atoms with Crippen molar-refractivity contribution in [3.8, 4) is 0 Å². The van der Waals surface area contributed by atoms with E-state index in [0.717, 1.165) is 5.01 Å². The van der Waals surface area contributed by atoms with Gasteiger partial charge in [0.05, 0.1) is 28.6 Å². The number of sulfone groups is 1. The Kier molecular flexibility index (Phi) is 2.98. The summed E-state index contributed by atoms with van der Waals surface area (Å²) in [6.45, 7) is 0. The molecule has 1 atom stereocenters. The summed E-state index contributed by atoms with van der Waals surface area (Å²) >= 11 is 1.35. The topological polar surface area (TPSA) is 84.3 Å². The average molecular weight is 261 g/mol.